The van der Waals surface area contributed by atoms with Gasteiger partial charge < -0.3 is 4.74 Å². The molecule has 0 atom stereocenters. The third-order valence-electron chi connectivity index (χ3n) is 4.25. The van der Waals surface area contributed by atoms with Crippen LogP contribution in [0.2, 0.25) is 30.7 Å². The van der Waals surface area contributed by atoms with E-state index in [4.69, 9.17) is 21.3 Å². The summed E-state index contributed by atoms with van der Waals surface area (Å²) in [5.74, 6) is 0.797. The van der Waals surface area contributed by atoms with E-state index in [0.717, 1.165) is 50.8 Å². The molecule has 0 spiro atoms. The van der Waals surface area contributed by atoms with Gasteiger partial charge in [-0.05, 0) is 36.9 Å². The molecule has 3 rings (SSSR count). The van der Waals surface area contributed by atoms with Crippen LogP contribution < -0.4 is 0 Å². The molecule has 26 heavy (non-hydrogen) atoms. The van der Waals surface area contributed by atoms with E-state index in [1.807, 2.05) is 31.4 Å². The zero-order chi connectivity index (χ0) is 18.9. The fourth-order valence-electron chi connectivity index (χ4n) is 2.63. The Morgan fingerprint density at radius 3 is 2.69 bits per heavy atom. The summed E-state index contributed by atoms with van der Waals surface area (Å²) >= 11 is 7.98. The molecule has 0 saturated heterocycles. The summed E-state index contributed by atoms with van der Waals surface area (Å²) in [6.45, 7) is 10.2. The fourth-order valence-corrected chi connectivity index (χ4v) is 3.91. The molecule has 0 bridgehead atoms. The molecule has 1 N–H and O–H groups in total. The molecule has 140 valence electrons. The van der Waals surface area contributed by atoms with Crippen LogP contribution >= 0.6 is 23.4 Å². The van der Waals surface area contributed by atoms with Crippen LogP contribution in [0, 0.1) is 6.92 Å². The number of hydrogen-bond acceptors (Lipinski definition) is 4. The number of halogens is 1. The predicted octanol–water partition coefficient (Wildman–Crippen LogP) is 5.42. The van der Waals surface area contributed by atoms with Crippen molar-refractivity contribution in [3.8, 4) is 11.5 Å². The second-order valence-electron chi connectivity index (χ2n) is 7.62. The molecule has 0 radical (unpaired) electrons. The van der Waals surface area contributed by atoms with Crippen LogP contribution in [0.15, 0.2) is 23.2 Å². The van der Waals surface area contributed by atoms with E-state index >= 15 is 0 Å². The molecule has 8 heteroatoms. The van der Waals surface area contributed by atoms with Crippen molar-refractivity contribution in [2.45, 2.75) is 44.4 Å². The Kier molecular flexibility index (Phi) is 5.81. The summed E-state index contributed by atoms with van der Waals surface area (Å²) in [6.07, 6.45) is 2.02. The van der Waals surface area contributed by atoms with Gasteiger partial charge in [0.2, 0.25) is 0 Å². The quantitative estimate of drug-likeness (QED) is 0.322. The van der Waals surface area contributed by atoms with Crippen molar-refractivity contribution < 1.29 is 4.74 Å². The van der Waals surface area contributed by atoms with Gasteiger partial charge in [0.15, 0.2) is 5.82 Å². The van der Waals surface area contributed by atoms with Crippen LogP contribution in [-0.4, -0.2) is 40.7 Å². The van der Waals surface area contributed by atoms with Gasteiger partial charge in [-0.2, -0.15) is 5.10 Å². The number of rotatable bonds is 7. The minimum Gasteiger partial charge on any atom is -0.361 e. The van der Waals surface area contributed by atoms with Gasteiger partial charge in [-0.15, -0.1) is 11.8 Å². The van der Waals surface area contributed by atoms with Gasteiger partial charge >= 0.3 is 0 Å². The summed E-state index contributed by atoms with van der Waals surface area (Å²) < 4.78 is 8.06. The first-order valence-corrected chi connectivity index (χ1v) is 13.9. The Morgan fingerprint density at radius 2 is 2.04 bits per heavy atom. The molecule has 5 nitrogen and oxygen atoms in total. The molecule has 0 saturated carbocycles. The fraction of sp³-hybridized carbons (Fsp3) is 0.444. The highest BCUT2D eigenvalue weighted by molar-refractivity contribution is 7.98. The molecule has 0 unspecified atom stereocenters. The van der Waals surface area contributed by atoms with Crippen molar-refractivity contribution in [2.75, 3.05) is 12.9 Å². The first-order valence-electron chi connectivity index (χ1n) is 8.62. The summed E-state index contributed by atoms with van der Waals surface area (Å²) in [6, 6.07) is 7.13. The van der Waals surface area contributed by atoms with Crippen molar-refractivity contribution in [2.24, 2.45) is 0 Å². The summed E-state index contributed by atoms with van der Waals surface area (Å²) in [7, 11) is -1.12. The van der Waals surface area contributed by atoms with E-state index < -0.39 is 8.07 Å². The van der Waals surface area contributed by atoms with Crippen LogP contribution in [-0.2, 0) is 11.5 Å². The van der Waals surface area contributed by atoms with E-state index in [1.54, 1.807) is 11.8 Å². The Balaban J connectivity index is 1.96. The van der Waals surface area contributed by atoms with Crippen LogP contribution in [0.4, 0.5) is 0 Å². The molecule has 0 aliphatic heterocycles. The highest BCUT2D eigenvalue weighted by Crippen LogP contribution is 2.29. The van der Waals surface area contributed by atoms with Gasteiger partial charge in [-0.25, -0.2) is 4.98 Å². The standard InChI is InChI=1S/C18H25ClN4OSSi/c1-12-8-14-16(9-13(12)19)23(11-24-6-7-26(3,4)5)18(20-14)15-10-17(25-2)22-21-15/h8-10H,6-7,11H2,1-5H3,(H,21,22). The first-order chi connectivity index (χ1) is 12.3. The molecular weight excluding hydrogens is 384 g/mol. The average Bonchev–Trinajstić information content (AvgIpc) is 3.16. The molecule has 2 heterocycles. The first kappa shape index (κ1) is 19.5. The number of fused-ring (bicyclic) bond motifs is 1. The number of nitrogens with zero attached hydrogens (tertiary/aromatic N) is 3. The molecule has 3 aromatic rings. The lowest BCUT2D eigenvalue weighted by Crippen LogP contribution is -2.22. The lowest BCUT2D eigenvalue weighted by atomic mass is 10.2. The smallest absolute Gasteiger partial charge is 0.163 e. The van der Waals surface area contributed by atoms with Gasteiger partial charge in [-0.3, -0.25) is 9.67 Å². The van der Waals surface area contributed by atoms with Crippen LogP contribution in [0.1, 0.15) is 5.56 Å². The molecular formula is C18H25ClN4OSSi. The van der Waals surface area contributed by atoms with Crippen molar-refractivity contribution >= 4 is 42.5 Å². The number of imidazole rings is 1. The Labute approximate surface area is 164 Å². The van der Waals surface area contributed by atoms with Crippen molar-refractivity contribution in [1.82, 2.24) is 19.7 Å². The highest BCUT2D eigenvalue weighted by atomic mass is 35.5. The van der Waals surface area contributed by atoms with Crippen LogP contribution in [0.5, 0.6) is 0 Å². The van der Waals surface area contributed by atoms with Gasteiger partial charge in [0.25, 0.3) is 0 Å². The largest absolute Gasteiger partial charge is 0.361 e. The number of ether oxygens (including phenoxy) is 1. The Hall–Kier alpha value is -1.28. The SMILES string of the molecule is CSc1cc(-c2nc3cc(C)c(Cl)cc3n2COCC[Si](C)(C)C)n[nH]1. The minimum absolute atomic E-state index is 0.442. The van der Waals surface area contributed by atoms with E-state index in [-0.39, 0.29) is 0 Å². The van der Waals surface area contributed by atoms with E-state index in [9.17, 15) is 0 Å². The zero-order valence-corrected chi connectivity index (χ0v) is 18.5. The molecule has 0 fully saturated rings. The number of nitrogens with one attached hydrogen (secondary N) is 1. The van der Waals surface area contributed by atoms with Crippen LogP contribution in [0.25, 0.3) is 22.6 Å². The minimum atomic E-state index is -1.12. The van der Waals surface area contributed by atoms with Gasteiger partial charge in [0, 0.05) is 25.8 Å². The van der Waals surface area contributed by atoms with E-state index in [0.29, 0.717) is 6.73 Å². The maximum absolute atomic E-state index is 6.36. The number of aromatic nitrogens is 4. The topological polar surface area (TPSA) is 55.7 Å². The average molecular weight is 409 g/mol. The van der Waals surface area contributed by atoms with Crippen molar-refractivity contribution in [1.29, 1.82) is 0 Å². The number of aromatic amines is 1. The Bertz CT molecular complexity index is 916. The van der Waals surface area contributed by atoms with Crippen LogP contribution in [0.3, 0.4) is 0 Å². The Morgan fingerprint density at radius 1 is 1.27 bits per heavy atom. The molecule has 2 aromatic heterocycles. The second-order valence-corrected chi connectivity index (χ2v) is 14.5. The van der Waals surface area contributed by atoms with Gasteiger partial charge in [0.05, 0.1) is 16.1 Å². The second kappa shape index (κ2) is 7.76. The zero-order valence-electron chi connectivity index (χ0n) is 15.9. The predicted molar refractivity (Wildman–Crippen MR) is 113 cm³/mol. The third-order valence-corrected chi connectivity index (χ3v) is 7.01. The molecule has 1 aromatic carbocycles. The summed E-state index contributed by atoms with van der Waals surface area (Å²) in [4.78, 5) is 4.80. The molecule has 0 aliphatic rings. The summed E-state index contributed by atoms with van der Waals surface area (Å²) in [5, 5.41) is 9.19. The number of hydrogen-bond donors (Lipinski definition) is 1. The number of H-pyrrole nitrogens is 1. The van der Waals surface area contributed by atoms with Gasteiger partial charge in [0.1, 0.15) is 12.4 Å². The van der Waals surface area contributed by atoms with Gasteiger partial charge in [-0.1, -0.05) is 31.2 Å². The normalized spacial score (nSPS) is 12.2. The number of benzene rings is 1. The molecule has 0 amide bonds. The van der Waals surface area contributed by atoms with E-state index in [1.165, 1.54) is 0 Å². The highest BCUT2D eigenvalue weighted by Gasteiger charge is 2.17. The summed E-state index contributed by atoms with van der Waals surface area (Å²) in [5.41, 5.74) is 3.71. The lowest BCUT2D eigenvalue weighted by molar-refractivity contribution is 0.0909. The van der Waals surface area contributed by atoms with Crippen molar-refractivity contribution in [3.63, 3.8) is 0 Å². The number of aryl methyl sites for hydroxylation is 1. The third kappa shape index (κ3) is 4.33. The van der Waals surface area contributed by atoms with Crippen molar-refractivity contribution in [3.05, 3.63) is 28.8 Å². The number of thioether (sulfide) groups is 1. The molecule has 0 aliphatic carbocycles. The monoisotopic (exact) mass is 408 g/mol. The lowest BCUT2D eigenvalue weighted by Gasteiger charge is -2.16. The van der Waals surface area contributed by atoms with E-state index in [2.05, 4.69) is 34.4 Å². The maximum Gasteiger partial charge on any atom is 0.163 e. The maximum atomic E-state index is 6.36.